The van der Waals surface area contributed by atoms with Crippen LogP contribution in [0.3, 0.4) is 0 Å². The zero-order chi connectivity index (χ0) is 22.3. The Morgan fingerprint density at radius 2 is 2.00 bits per heavy atom. The average molecular weight is 565 g/mol. The van der Waals surface area contributed by atoms with Crippen molar-refractivity contribution in [1.82, 2.24) is 0 Å². The Morgan fingerprint density at radius 1 is 1.27 bits per heavy atom. The normalized spacial score (nSPS) is 25.5. The summed E-state index contributed by atoms with van der Waals surface area (Å²) in [5.74, 6) is -0.564. The van der Waals surface area contributed by atoms with Crippen molar-refractivity contribution in [3.05, 3.63) is 43.0 Å². The van der Waals surface area contributed by atoms with E-state index in [2.05, 4.69) is 38.8 Å². The molecule has 1 heterocycles. The summed E-state index contributed by atoms with van der Waals surface area (Å²) in [5, 5.41) is 31.1. The number of hydrogen-bond donors (Lipinski definition) is 4. The first-order valence-electron chi connectivity index (χ1n) is 10.3. The highest BCUT2D eigenvalue weighted by molar-refractivity contribution is 9.13. The smallest absolute Gasteiger partial charge is 0.217 e. The van der Waals surface area contributed by atoms with Gasteiger partial charge in [0.1, 0.15) is 0 Å². The largest absolute Gasteiger partial charge is 0.393 e. The van der Waals surface area contributed by atoms with Gasteiger partial charge in [-0.15, -0.1) is 11.3 Å². The Kier molecular flexibility index (Phi) is 10.7. The lowest BCUT2D eigenvalue weighted by atomic mass is 9.89. The van der Waals surface area contributed by atoms with Gasteiger partial charge in [0.25, 0.3) is 0 Å². The Hall–Kier alpha value is -0.510. The average Bonchev–Trinajstić information content (AvgIpc) is 3.09. The van der Waals surface area contributed by atoms with Crippen molar-refractivity contribution in [2.45, 2.75) is 70.2 Å². The zero-order valence-electron chi connectivity index (χ0n) is 17.1. The molecule has 1 aromatic rings. The van der Waals surface area contributed by atoms with Crippen LogP contribution in [0.5, 0.6) is 0 Å². The molecule has 1 saturated carbocycles. The van der Waals surface area contributed by atoms with Crippen LogP contribution in [0, 0.1) is 18.8 Å². The number of aliphatic hydroxyl groups excluding tert-OH is 3. The van der Waals surface area contributed by atoms with Gasteiger partial charge in [-0.1, -0.05) is 24.3 Å². The predicted octanol–water partition coefficient (Wildman–Crippen LogP) is 4.39. The second-order valence-electron chi connectivity index (χ2n) is 7.88. The third kappa shape index (κ3) is 7.57. The Labute approximate surface area is 199 Å². The van der Waals surface area contributed by atoms with Crippen LogP contribution in [0.25, 0.3) is 0 Å². The van der Waals surface area contributed by atoms with Crippen LogP contribution < -0.4 is 5.73 Å². The van der Waals surface area contributed by atoms with Crippen molar-refractivity contribution < 1.29 is 20.1 Å². The summed E-state index contributed by atoms with van der Waals surface area (Å²) in [6.07, 6.45) is 10.0. The number of amides is 1. The summed E-state index contributed by atoms with van der Waals surface area (Å²) in [5.41, 5.74) is 5.13. The van der Waals surface area contributed by atoms with Gasteiger partial charge in [0, 0.05) is 37.5 Å². The first kappa shape index (κ1) is 25.7. The van der Waals surface area contributed by atoms with Gasteiger partial charge in [0.05, 0.1) is 18.3 Å². The summed E-state index contributed by atoms with van der Waals surface area (Å²) < 4.78 is 2.12. The van der Waals surface area contributed by atoms with Crippen LogP contribution in [0.15, 0.2) is 33.2 Å². The zero-order valence-corrected chi connectivity index (χ0v) is 21.1. The molecule has 2 rings (SSSR count). The highest BCUT2D eigenvalue weighted by atomic mass is 79.9. The molecule has 5 nitrogen and oxygen atoms in total. The highest BCUT2D eigenvalue weighted by Gasteiger charge is 2.39. The lowest BCUT2D eigenvalue weighted by Crippen LogP contribution is -2.20. The van der Waals surface area contributed by atoms with Gasteiger partial charge in [-0.2, -0.15) is 0 Å². The van der Waals surface area contributed by atoms with Gasteiger partial charge in [0.15, 0.2) is 0 Å². The summed E-state index contributed by atoms with van der Waals surface area (Å²) in [4.78, 5) is 13.2. The first-order valence-corrected chi connectivity index (χ1v) is 12.7. The summed E-state index contributed by atoms with van der Waals surface area (Å²) in [7, 11) is 0. The van der Waals surface area contributed by atoms with E-state index in [1.54, 1.807) is 17.4 Å². The summed E-state index contributed by atoms with van der Waals surface area (Å²) in [6.45, 7) is 2.05. The summed E-state index contributed by atoms with van der Waals surface area (Å²) >= 11 is 8.85. The van der Waals surface area contributed by atoms with Crippen LogP contribution in [-0.2, 0) is 11.2 Å². The molecule has 8 heteroatoms. The van der Waals surface area contributed by atoms with Crippen LogP contribution in [0.1, 0.15) is 48.3 Å². The van der Waals surface area contributed by atoms with Crippen LogP contribution in [0.4, 0.5) is 0 Å². The topological polar surface area (TPSA) is 104 Å². The van der Waals surface area contributed by atoms with Crippen molar-refractivity contribution in [3.8, 4) is 0 Å². The fourth-order valence-electron chi connectivity index (χ4n) is 3.82. The molecular formula is C22H31Br2NO4S. The lowest BCUT2D eigenvalue weighted by Gasteiger charge is -2.19. The van der Waals surface area contributed by atoms with E-state index in [0.717, 1.165) is 21.8 Å². The SMILES string of the molecule is Cc1sc(CCC(O)C=C[C@H]2C(O)CC(O)[C@@H]2CC=CCCCC(N)=O)c(Br)c1Br. The minimum absolute atomic E-state index is 0.0825. The van der Waals surface area contributed by atoms with Gasteiger partial charge in [-0.25, -0.2) is 0 Å². The monoisotopic (exact) mass is 563 g/mol. The number of hydrogen-bond acceptors (Lipinski definition) is 5. The molecule has 0 bridgehead atoms. The number of halogens is 2. The van der Waals surface area contributed by atoms with Crippen molar-refractivity contribution in [2.24, 2.45) is 17.6 Å². The molecule has 0 saturated heterocycles. The van der Waals surface area contributed by atoms with Crippen LogP contribution in [-0.4, -0.2) is 39.5 Å². The third-order valence-corrected chi connectivity index (χ3v) is 9.62. The van der Waals surface area contributed by atoms with Crippen molar-refractivity contribution >= 4 is 49.1 Å². The molecule has 30 heavy (non-hydrogen) atoms. The molecule has 1 fully saturated rings. The van der Waals surface area contributed by atoms with Crippen molar-refractivity contribution in [2.75, 3.05) is 0 Å². The molecule has 0 spiro atoms. The van der Waals surface area contributed by atoms with E-state index in [1.807, 2.05) is 18.2 Å². The molecule has 3 unspecified atom stereocenters. The first-order chi connectivity index (χ1) is 14.2. The van der Waals surface area contributed by atoms with E-state index in [4.69, 9.17) is 5.73 Å². The van der Waals surface area contributed by atoms with E-state index < -0.39 is 18.3 Å². The number of carbonyl (C=O) groups is 1. The fourth-order valence-corrected chi connectivity index (χ4v) is 6.27. The number of unbranched alkanes of at least 4 members (excludes halogenated alkanes) is 1. The number of nitrogens with two attached hydrogens (primary N) is 1. The quantitative estimate of drug-likeness (QED) is 0.236. The van der Waals surface area contributed by atoms with E-state index >= 15 is 0 Å². The maximum atomic E-state index is 10.8. The van der Waals surface area contributed by atoms with Crippen LogP contribution in [0.2, 0.25) is 0 Å². The number of allylic oxidation sites excluding steroid dienone is 2. The van der Waals surface area contributed by atoms with E-state index in [9.17, 15) is 20.1 Å². The number of aryl methyl sites for hydroxylation is 2. The number of carbonyl (C=O) groups excluding carboxylic acids is 1. The summed E-state index contributed by atoms with van der Waals surface area (Å²) in [6, 6.07) is 0. The molecule has 0 aliphatic heterocycles. The minimum atomic E-state index is -0.609. The van der Waals surface area contributed by atoms with Gasteiger partial charge in [0.2, 0.25) is 5.91 Å². The number of aliphatic hydroxyl groups is 3. The van der Waals surface area contributed by atoms with Crippen LogP contribution >= 0.6 is 43.2 Å². The molecule has 0 aromatic carbocycles. The molecule has 0 radical (unpaired) electrons. The minimum Gasteiger partial charge on any atom is -0.393 e. The fraction of sp³-hybridized carbons (Fsp3) is 0.591. The standard InChI is InChI=1S/C22H31Br2NO4S/c1-13-21(23)22(24)19(30-13)11-9-14(26)8-10-16-15(17(27)12-18(16)28)6-4-2-3-5-7-20(25)29/h2,4,8,10,14-18,26-28H,3,5-7,9,11-12H2,1H3,(H2,25,29)/t14?,15-,16-,17?,18?/m1/s1. The highest BCUT2D eigenvalue weighted by Crippen LogP contribution is 2.38. The molecule has 168 valence electrons. The molecule has 5 N–H and O–H groups in total. The molecule has 1 aliphatic rings. The molecule has 1 amide bonds. The van der Waals surface area contributed by atoms with Gasteiger partial charge in [-0.3, -0.25) is 4.79 Å². The second-order valence-corrected chi connectivity index (χ2v) is 10.8. The van der Waals surface area contributed by atoms with Gasteiger partial charge >= 0.3 is 0 Å². The Morgan fingerprint density at radius 3 is 2.63 bits per heavy atom. The predicted molar refractivity (Wildman–Crippen MR) is 128 cm³/mol. The maximum absolute atomic E-state index is 10.8. The Bertz CT molecular complexity index is 765. The van der Waals surface area contributed by atoms with Crippen molar-refractivity contribution in [1.29, 1.82) is 0 Å². The molecule has 1 aliphatic carbocycles. The van der Waals surface area contributed by atoms with E-state index in [1.165, 1.54) is 9.75 Å². The molecular weight excluding hydrogens is 534 g/mol. The third-order valence-electron chi connectivity index (χ3n) is 5.53. The lowest BCUT2D eigenvalue weighted by molar-refractivity contribution is -0.118. The maximum Gasteiger partial charge on any atom is 0.217 e. The molecule has 5 atom stereocenters. The number of rotatable bonds is 11. The van der Waals surface area contributed by atoms with Crippen molar-refractivity contribution in [3.63, 3.8) is 0 Å². The van der Waals surface area contributed by atoms with E-state index in [-0.39, 0.29) is 17.7 Å². The van der Waals surface area contributed by atoms with Gasteiger partial charge in [-0.05, 0) is 76.8 Å². The number of thiophene rings is 1. The number of primary amides is 1. The second kappa shape index (κ2) is 12.5. The van der Waals surface area contributed by atoms with E-state index in [0.29, 0.717) is 32.1 Å². The Balaban J connectivity index is 1.86. The molecule has 1 aromatic heterocycles. The van der Waals surface area contributed by atoms with Gasteiger partial charge < -0.3 is 21.1 Å².